The second kappa shape index (κ2) is 7.60. The summed E-state index contributed by atoms with van der Waals surface area (Å²) in [5.74, 6) is 0.142. The number of benzene rings is 1. The summed E-state index contributed by atoms with van der Waals surface area (Å²) in [7, 11) is 0. The van der Waals surface area contributed by atoms with Crippen molar-refractivity contribution in [1.29, 1.82) is 0 Å². The first-order chi connectivity index (χ1) is 11.7. The van der Waals surface area contributed by atoms with Crippen molar-refractivity contribution in [3.63, 3.8) is 0 Å². The van der Waals surface area contributed by atoms with E-state index in [-0.39, 0.29) is 11.7 Å². The summed E-state index contributed by atoms with van der Waals surface area (Å²) in [6, 6.07) is 8.12. The maximum absolute atomic E-state index is 13.5. The summed E-state index contributed by atoms with van der Waals surface area (Å²) in [5.41, 5.74) is 1.89. The van der Waals surface area contributed by atoms with Crippen molar-refractivity contribution < 1.29 is 9.18 Å². The van der Waals surface area contributed by atoms with Gasteiger partial charge in [0.05, 0.1) is 5.69 Å². The standard InChI is InChI=1S/C19H24FN3O/c1-2-23-18(15-9-6-10-16(20)11-15)12-17(22-23)19(24)21-13-14-7-4-3-5-8-14/h6,9-12,14H,2-5,7-8,13H2,1H3,(H,21,24). The van der Waals surface area contributed by atoms with Gasteiger partial charge in [-0.3, -0.25) is 9.48 Å². The Morgan fingerprint density at radius 2 is 2.08 bits per heavy atom. The van der Waals surface area contributed by atoms with Crippen LogP contribution in [-0.4, -0.2) is 22.2 Å². The molecular formula is C19H24FN3O. The van der Waals surface area contributed by atoms with Gasteiger partial charge in [-0.2, -0.15) is 5.10 Å². The van der Waals surface area contributed by atoms with Crippen LogP contribution in [0.25, 0.3) is 11.3 Å². The lowest BCUT2D eigenvalue weighted by molar-refractivity contribution is 0.0937. The number of carbonyl (C=O) groups is 1. The molecule has 1 N–H and O–H groups in total. The van der Waals surface area contributed by atoms with Crippen LogP contribution in [0.2, 0.25) is 0 Å². The lowest BCUT2D eigenvalue weighted by Crippen LogP contribution is -2.30. The van der Waals surface area contributed by atoms with Crippen LogP contribution in [0.5, 0.6) is 0 Å². The van der Waals surface area contributed by atoms with Crippen LogP contribution in [0.1, 0.15) is 49.5 Å². The first kappa shape index (κ1) is 16.7. The smallest absolute Gasteiger partial charge is 0.271 e. The highest BCUT2D eigenvalue weighted by molar-refractivity contribution is 5.93. The minimum absolute atomic E-state index is 0.148. The van der Waals surface area contributed by atoms with Crippen LogP contribution >= 0.6 is 0 Å². The van der Waals surface area contributed by atoms with Gasteiger partial charge in [-0.05, 0) is 43.9 Å². The number of aryl methyl sites for hydroxylation is 1. The first-order valence-corrected chi connectivity index (χ1v) is 8.79. The third-order valence-corrected chi connectivity index (χ3v) is 4.71. The largest absolute Gasteiger partial charge is 0.350 e. The van der Waals surface area contributed by atoms with E-state index in [9.17, 15) is 9.18 Å². The molecule has 1 aliphatic carbocycles. The number of nitrogens with zero attached hydrogens (tertiary/aromatic N) is 2. The van der Waals surface area contributed by atoms with Gasteiger partial charge in [0.2, 0.25) is 0 Å². The molecule has 1 heterocycles. The van der Waals surface area contributed by atoms with E-state index in [0.29, 0.717) is 24.7 Å². The lowest BCUT2D eigenvalue weighted by atomic mass is 9.89. The van der Waals surface area contributed by atoms with Gasteiger partial charge in [0.15, 0.2) is 5.69 Å². The predicted octanol–water partition coefficient (Wildman–Crippen LogP) is 4.02. The second-order valence-corrected chi connectivity index (χ2v) is 6.45. The van der Waals surface area contributed by atoms with Crippen molar-refractivity contribution >= 4 is 5.91 Å². The van der Waals surface area contributed by atoms with Crippen molar-refractivity contribution in [3.05, 3.63) is 41.8 Å². The van der Waals surface area contributed by atoms with Crippen LogP contribution in [0.3, 0.4) is 0 Å². The molecule has 0 spiro atoms. The molecule has 2 aromatic rings. The van der Waals surface area contributed by atoms with E-state index >= 15 is 0 Å². The molecule has 0 unspecified atom stereocenters. The molecule has 1 saturated carbocycles. The summed E-state index contributed by atoms with van der Waals surface area (Å²) in [5, 5.41) is 7.39. The van der Waals surface area contributed by atoms with Gasteiger partial charge in [0, 0.05) is 18.7 Å². The van der Waals surface area contributed by atoms with Crippen LogP contribution < -0.4 is 5.32 Å². The zero-order chi connectivity index (χ0) is 16.9. The minimum Gasteiger partial charge on any atom is -0.350 e. The summed E-state index contributed by atoms with van der Waals surface area (Å²) >= 11 is 0. The molecule has 1 aliphatic rings. The van der Waals surface area contributed by atoms with Crippen molar-refractivity contribution in [2.45, 2.75) is 45.6 Å². The van der Waals surface area contributed by atoms with E-state index in [4.69, 9.17) is 0 Å². The van der Waals surface area contributed by atoms with Gasteiger partial charge in [-0.15, -0.1) is 0 Å². The van der Waals surface area contributed by atoms with Crippen molar-refractivity contribution in [2.75, 3.05) is 6.54 Å². The van der Waals surface area contributed by atoms with E-state index in [1.54, 1.807) is 16.8 Å². The number of rotatable bonds is 5. The molecule has 1 fully saturated rings. The van der Waals surface area contributed by atoms with Gasteiger partial charge in [-0.1, -0.05) is 31.4 Å². The van der Waals surface area contributed by atoms with E-state index in [2.05, 4.69) is 10.4 Å². The average molecular weight is 329 g/mol. The summed E-state index contributed by atoms with van der Waals surface area (Å²) in [6.07, 6.45) is 6.21. The van der Waals surface area contributed by atoms with Gasteiger partial charge in [0.1, 0.15) is 5.82 Å². The monoisotopic (exact) mass is 329 g/mol. The Morgan fingerprint density at radius 1 is 1.29 bits per heavy atom. The minimum atomic E-state index is -0.292. The van der Waals surface area contributed by atoms with E-state index in [1.807, 2.05) is 13.0 Å². The maximum atomic E-state index is 13.5. The Kier molecular flexibility index (Phi) is 5.28. The fourth-order valence-electron chi connectivity index (χ4n) is 3.37. The highest BCUT2D eigenvalue weighted by Crippen LogP contribution is 2.24. The van der Waals surface area contributed by atoms with E-state index in [1.165, 1.54) is 44.2 Å². The van der Waals surface area contributed by atoms with E-state index < -0.39 is 0 Å². The zero-order valence-corrected chi connectivity index (χ0v) is 14.1. The van der Waals surface area contributed by atoms with Gasteiger partial charge < -0.3 is 5.32 Å². The van der Waals surface area contributed by atoms with Gasteiger partial charge in [-0.25, -0.2) is 4.39 Å². The molecule has 1 amide bonds. The highest BCUT2D eigenvalue weighted by Gasteiger charge is 2.18. The summed E-state index contributed by atoms with van der Waals surface area (Å²) < 4.78 is 15.2. The Labute approximate surface area is 142 Å². The molecule has 24 heavy (non-hydrogen) atoms. The van der Waals surface area contributed by atoms with Crippen molar-refractivity contribution in [3.8, 4) is 11.3 Å². The molecule has 0 atom stereocenters. The number of hydrogen-bond donors (Lipinski definition) is 1. The molecule has 3 rings (SSSR count). The average Bonchev–Trinajstić information content (AvgIpc) is 3.05. The Balaban J connectivity index is 1.72. The molecule has 0 saturated heterocycles. The van der Waals surface area contributed by atoms with Crippen LogP contribution in [0.15, 0.2) is 30.3 Å². The van der Waals surface area contributed by atoms with E-state index in [0.717, 1.165) is 11.3 Å². The summed E-state index contributed by atoms with van der Waals surface area (Å²) in [6.45, 7) is 3.30. The molecule has 1 aromatic carbocycles. The fourth-order valence-corrected chi connectivity index (χ4v) is 3.37. The molecule has 128 valence electrons. The second-order valence-electron chi connectivity index (χ2n) is 6.45. The van der Waals surface area contributed by atoms with Crippen molar-refractivity contribution in [2.24, 2.45) is 5.92 Å². The Hall–Kier alpha value is -2.17. The lowest BCUT2D eigenvalue weighted by Gasteiger charge is -2.21. The summed E-state index contributed by atoms with van der Waals surface area (Å²) in [4.78, 5) is 12.4. The third kappa shape index (κ3) is 3.83. The number of nitrogens with one attached hydrogen (secondary N) is 1. The molecule has 5 heteroatoms. The molecule has 0 bridgehead atoms. The first-order valence-electron chi connectivity index (χ1n) is 8.79. The number of aromatic nitrogens is 2. The number of halogens is 1. The third-order valence-electron chi connectivity index (χ3n) is 4.71. The Bertz CT molecular complexity index is 704. The van der Waals surface area contributed by atoms with Crippen LogP contribution in [0.4, 0.5) is 4.39 Å². The number of amides is 1. The molecule has 0 radical (unpaired) electrons. The topological polar surface area (TPSA) is 46.9 Å². The zero-order valence-electron chi connectivity index (χ0n) is 14.1. The Morgan fingerprint density at radius 3 is 2.79 bits per heavy atom. The SMILES string of the molecule is CCn1nc(C(=O)NCC2CCCCC2)cc1-c1cccc(F)c1. The number of carbonyl (C=O) groups excluding carboxylic acids is 1. The van der Waals surface area contributed by atoms with Gasteiger partial charge >= 0.3 is 0 Å². The molecule has 1 aromatic heterocycles. The van der Waals surface area contributed by atoms with Crippen LogP contribution in [0, 0.1) is 11.7 Å². The molecule has 0 aliphatic heterocycles. The normalized spacial score (nSPS) is 15.4. The molecular weight excluding hydrogens is 305 g/mol. The predicted molar refractivity (Wildman–Crippen MR) is 92.2 cm³/mol. The highest BCUT2D eigenvalue weighted by atomic mass is 19.1. The maximum Gasteiger partial charge on any atom is 0.271 e. The van der Waals surface area contributed by atoms with Crippen LogP contribution in [-0.2, 0) is 6.54 Å². The molecule has 4 nitrogen and oxygen atoms in total. The fraction of sp³-hybridized carbons (Fsp3) is 0.474. The van der Waals surface area contributed by atoms with Crippen molar-refractivity contribution in [1.82, 2.24) is 15.1 Å². The quantitative estimate of drug-likeness (QED) is 0.900. The number of hydrogen-bond acceptors (Lipinski definition) is 2. The van der Waals surface area contributed by atoms with Gasteiger partial charge in [0.25, 0.3) is 5.91 Å².